The van der Waals surface area contributed by atoms with Crippen LogP contribution >= 0.6 is 0 Å². The minimum absolute atomic E-state index is 0.0130. The second-order valence-electron chi connectivity index (χ2n) is 6.99. The van der Waals surface area contributed by atoms with E-state index in [0.717, 1.165) is 0 Å². The van der Waals surface area contributed by atoms with E-state index in [1.165, 1.54) is 0 Å². The minimum Gasteiger partial charge on any atom is -0.465 e. The monoisotopic (exact) mass is 350 g/mol. The van der Waals surface area contributed by atoms with Gasteiger partial charge in [0.05, 0.1) is 19.3 Å². The summed E-state index contributed by atoms with van der Waals surface area (Å²) in [5.74, 6) is -1.14. The lowest BCUT2D eigenvalue weighted by Crippen LogP contribution is -2.32. The number of hydrogen-bond donors (Lipinski definition) is 3. The molecule has 0 aliphatic rings. The van der Waals surface area contributed by atoms with Gasteiger partial charge in [0.1, 0.15) is 12.2 Å². The van der Waals surface area contributed by atoms with Gasteiger partial charge in [-0.25, -0.2) is 4.79 Å². The maximum Gasteiger partial charge on any atom is 0.342 e. The highest BCUT2D eigenvalue weighted by Crippen LogP contribution is 2.18. The van der Waals surface area contributed by atoms with Crippen LogP contribution in [0.1, 0.15) is 53.4 Å². The van der Waals surface area contributed by atoms with Gasteiger partial charge in [0.15, 0.2) is 0 Å². The third-order valence-corrected chi connectivity index (χ3v) is 3.25. The van der Waals surface area contributed by atoms with Gasteiger partial charge >= 0.3 is 11.9 Å². The minimum atomic E-state index is -0.877. The average molecular weight is 350 g/mol. The van der Waals surface area contributed by atoms with Crippen LogP contribution in [0.4, 0.5) is 0 Å². The highest BCUT2D eigenvalue weighted by Gasteiger charge is 2.25. The van der Waals surface area contributed by atoms with E-state index in [2.05, 4.69) is 4.89 Å². The SMILES string of the molecule is CC(O)CC(C)(C)OOC(=O)CCCC(=O)OCC(C)(CO)CO. The maximum atomic E-state index is 11.5. The molecule has 0 amide bonds. The van der Waals surface area contributed by atoms with Gasteiger partial charge in [0, 0.05) is 24.7 Å². The summed E-state index contributed by atoms with van der Waals surface area (Å²) in [5, 5.41) is 27.5. The molecule has 0 aromatic heterocycles. The molecule has 0 aliphatic heterocycles. The summed E-state index contributed by atoms with van der Waals surface area (Å²) in [5.41, 5.74) is -1.68. The molecule has 1 unspecified atom stereocenters. The highest BCUT2D eigenvalue weighted by molar-refractivity contribution is 5.72. The topological polar surface area (TPSA) is 123 Å². The van der Waals surface area contributed by atoms with Crippen LogP contribution in [0, 0.1) is 5.41 Å². The Morgan fingerprint density at radius 1 is 1.04 bits per heavy atom. The number of ether oxygens (including phenoxy) is 1. The summed E-state index contributed by atoms with van der Waals surface area (Å²) in [4.78, 5) is 32.8. The van der Waals surface area contributed by atoms with Gasteiger partial charge in [-0.3, -0.25) is 9.68 Å². The third-order valence-electron chi connectivity index (χ3n) is 3.25. The Balaban J connectivity index is 3.94. The van der Waals surface area contributed by atoms with E-state index >= 15 is 0 Å². The molecular weight excluding hydrogens is 320 g/mol. The first kappa shape index (κ1) is 22.8. The summed E-state index contributed by atoms with van der Waals surface area (Å²) in [6.45, 7) is 5.86. The van der Waals surface area contributed by atoms with Gasteiger partial charge in [-0.15, -0.1) is 0 Å². The zero-order chi connectivity index (χ0) is 18.8. The van der Waals surface area contributed by atoms with Crippen molar-refractivity contribution < 1.29 is 39.4 Å². The lowest BCUT2D eigenvalue weighted by Gasteiger charge is -2.24. The van der Waals surface area contributed by atoms with Crippen LogP contribution in [0.5, 0.6) is 0 Å². The Morgan fingerprint density at radius 2 is 1.58 bits per heavy atom. The van der Waals surface area contributed by atoms with Crippen LogP contribution in [0.2, 0.25) is 0 Å². The van der Waals surface area contributed by atoms with Gasteiger partial charge in [-0.05, 0) is 27.2 Å². The van der Waals surface area contributed by atoms with Gasteiger partial charge in [0.25, 0.3) is 0 Å². The molecule has 0 radical (unpaired) electrons. The number of aliphatic hydroxyl groups excluding tert-OH is 3. The van der Waals surface area contributed by atoms with Gasteiger partial charge in [0.2, 0.25) is 0 Å². The first-order valence-electron chi connectivity index (χ1n) is 7.97. The Kier molecular flexibility index (Phi) is 10.1. The van der Waals surface area contributed by atoms with Crippen molar-refractivity contribution in [1.29, 1.82) is 0 Å². The number of aliphatic hydroxyl groups is 3. The van der Waals surface area contributed by atoms with Crippen LogP contribution in [0.3, 0.4) is 0 Å². The quantitative estimate of drug-likeness (QED) is 0.267. The molecule has 8 nitrogen and oxygen atoms in total. The highest BCUT2D eigenvalue weighted by atomic mass is 17.2. The second-order valence-corrected chi connectivity index (χ2v) is 6.99. The molecule has 0 aromatic carbocycles. The molecule has 0 saturated carbocycles. The van der Waals surface area contributed by atoms with Gasteiger partial charge in [-0.1, -0.05) is 6.92 Å². The maximum absolute atomic E-state index is 11.5. The predicted octanol–water partition coefficient (Wildman–Crippen LogP) is 0.715. The molecule has 0 heterocycles. The number of hydrogen-bond acceptors (Lipinski definition) is 8. The van der Waals surface area contributed by atoms with Crippen LogP contribution in [0.25, 0.3) is 0 Å². The van der Waals surface area contributed by atoms with Crippen LogP contribution in [0.15, 0.2) is 0 Å². The molecule has 3 N–H and O–H groups in total. The smallest absolute Gasteiger partial charge is 0.342 e. The molecular formula is C16H30O8. The standard InChI is InChI=1S/C16H30O8/c1-12(19)8-15(2,3)24-23-14(21)7-5-6-13(20)22-11-16(4,9-17)10-18/h12,17-19H,5-11H2,1-4H3. The molecule has 8 heteroatoms. The summed E-state index contributed by atoms with van der Waals surface area (Å²) < 4.78 is 4.96. The van der Waals surface area contributed by atoms with Crippen LogP contribution in [-0.4, -0.2) is 58.8 Å². The molecule has 1 atom stereocenters. The van der Waals surface area contributed by atoms with E-state index in [4.69, 9.17) is 19.8 Å². The molecule has 0 aliphatic carbocycles. The molecule has 0 fully saturated rings. The molecule has 142 valence electrons. The van der Waals surface area contributed by atoms with Crippen molar-refractivity contribution in [3.05, 3.63) is 0 Å². The van der Waals surface area contributed by atoms with Crippen LogP contribution < -0.4 is 0 Å². The summed E-state index contributed by atoms with van der Waals surface area (Å²) in [6, 6.07) is 0. The van der Waals surface area contributed by atoms with Crippen molar-refractivity contribution in [3.8, 4) is 0 Å². The van der Waals surface area contributed by atoms with Crippen LogP contribution in [-0.2, 0) is 24.1 Å². The predicted molar refractivity (Wildman–Crippen MR) is 84.6 cm³/mol. The average Bonchev–Trinajstić information content (AvgIpc) is 2.49. The zero-order valence-corrected chi connectivity index (χ0v) is 14.9. The van der Waals surface area contributed by atoms with Gasteiger partial charge in [-0.2, -0.15) is 4.89 Å². The molecule has 0 spiro atoms. The Hall–Kier alpha value is -1.22. The van der Waals surface area contributed by atoms with E-state index in [-0.39, 0.29) is 39.1 Å². The Bertz CT molecular complexity index is 388. The molecule has 0 aromatic rings. The van der Waals surface area contributed by atoms with Crippen molar-refractivity contribution in [3.63, 3.8) is 0 Å². The second kappa shape index (κ2) is 10.6. The van der Waals surface area contributed by atoms with E-state index in [0.29, 0.717) is 6.42 Å². The number of carbonyl (C=O) groups excluding carboxylic acids is 2. The van der Waals surface area contributed by atoms with Crippen molar-refractivity contribution in [1.82, 2.24) is 0 Å². The Morgan fingerprint density at radius 3 is 2.08 bits per heavy atom. The summed E-state index contributed by atoms with van der Waals surface area (Å²) in [7, 11) is 0. The van der Waals surface area contributed by atoms with E-state index in [9.17, 15) is 14.7 Å². The largest absolute Gasteiger partial charge is 0.465 e. The fourth-order valence-corrected chi connectivity index (χ4v) is 1.79. The first-order valence-corrected chi connectivity index (χ1v) is 7.97. The summed E-state index contributed by atoms with van der Waals surface area (Å²) in [6.07, 6.45) is -0.0542. The van der Waals surface area contributed by atoms with Crippen molar-refractivity contribution in [2.75, 3.05) is 19.8 Å². The normalized spacial score (nSPS) is 13.5. The molecule has 24 heavy (non-hydrogen) atoms. The van der Waals surface area contributed by atoms with E-state index in [1.807, 2.05) is 0 Å². The van der Waals surface area contributed by atoms with Crippen molar-refractivity contribution in [2.24, 2.45) is 5.41 Å². The Labute approximate surface area is 142 Å². The summed E-state index contributed by atoms with van der Waals surface area (Å²) >= 11 is 0. The van der Waals surface area contributed by atoms with E-state index in [1.54, 1.807) is 27.7 Å². The molecule has 0 bridgehead atoms. The lowest BCUT2D eigenvalue weighted by molar-refractivity contribution is -0.328. The number of carbonyl (C=O) groups is 2. The first-order chi connectivity index (χ1) is 11.0. The number of rotatable bonds is 12. The van der Waals surface area contributed by atoms with Crippen molar-refractivity contribution >= 4 is 11.9 Å². The molecule has 0 saturated heterocycles. The van der Waals surface area contributed by atoms with Crippen molar-refractivity contribution in [2.45, 2.75) is 65.1 Å². The fraction of sp³-hybridized carbons (Fsp3) is 0.875. The fourth-order valence-electron chi connectivity index (χ4n) is 1.79. The number of esters is 1. The molecule has 0 rings (SSSR count). The van der Waals surface area contributed by atoms with Gasteiger partial charge < -0.3 is 20.1 Å². The van der Waals surface area contributed by atoms with E-state index < -0.39 is 29.1 Å². The zero-order valence-electron chi connectivity index (χ0n) is 14.9. The lowest BCUT2D eigenvalue weighted by atomic mass is 9.94. The third kappa shape index (κ3) is 10.5.